The minimum Gasteiger partial charge on any atom is -0.491 e. The lowest BCUT2D eigenvalue weighted by atomic mass is 10.2. The lowest BCUT2D eigenvalue weighted by Gasteiger charge is -2.22. The summed E-state index contributed by atoms with van der Waals surface area (Å²) in [4.78, 5) is 12.1. The van der Waals surface area contributed by atoms with E-state index in [1.165, 1.54) is 0 Å². The van der Waals surface area contributed by atoms with E-state index < -0.39 is 0 Å². The first-order chi connectivity index (χ1) is 10.3. The number of carbonyl (C=O) groups is 1. The monoisotopic (exact) mass is 344 g/mol. The minimum absolute atomic E-state index is 0. The molecule has 124 valence electrons. The summed E-state index contributed by atoms with van der Waals surface area (Å²) in [5, 5.41) is 6.35. The highest BCUT2D eigenvalue weighted by Crippen LogP contribution is 2.24. The van der Waals surface area contributed by atoms with E-state index in [4.69, 9.17) is 4.74 Å². The van der Waals surface area contributed by atoms with E-state index in [1.807, 2.05) is 36.0 Å². The predicted molar refractivity (Wildman–Crippen MR) is 96.5 cm³/mol. The fraction of sp³-hybridized carbons (Fsp3) is 0.562. The van der Waals surface area contributed by atoms with Crippen molar-refractivity contribution in [2.24, 2.45) is 0 Å². The molecule has 0 radical (unpaired) electrons. The number of unbranched alkanes of at least 4 members (excludes halogenated alkanes) is 1. The van der Waals surface area contributed by atoms with Crippen LogP contribution in [0.1, 0.15) is 26.2 Å². The SMILES string of the molecule is CCCCOc1ccccc1NC(=O)CC1CSCCN1.Cl. The molecule has 1 aromatic rings. The maximum absolute atomic E-state index is 12.1. The highest BCUT2D eigenvalue weighted by atomic mass is 35.5. The van der Waals surface area contributed by atoms with Gasteiger partial charge in [-0.05, 0) is 18.6 Å². The van der Waals surface area contributed by atoms with Gasteiger partial charge in [-0.3, -0.25) is 4.79 Å². The van der Waals surface area contributed by atoms with Gasteiger partial charge in [0.1, 0.15) is 5.75 Å². The van der Waals surface area contributed by atoms with E-state index in [0.29, 0.717) is 13.0 Å². The Balaban J connectivity index is 0.00000242. The molecule has 0 bridgehead atoms. The standard InChI is InChI=1S/C16H24N2O2S.ClH/c1-2-3-9-20-15-7-5-4-6-14(15)18-16(19)11-13-12-21-10-8-17-13;/h4-7,13,17H,2-3,8-12H2,1H3,(H,18,19);1H. The summed E-state index contributed by atoms with van der Waals surface area (Å²) in [6.07, 6.45) is 2.63. The molecule has 1 fully saturated rings. The van der Waals surface area contributed by atoms with Crippen LogP contribution in [0, 0.1) is 0 Å². The lowest BCUT2D eigenvalue weighted by molar-refractivity contribution is -0.116. The molecule has 1 aliphatic heterocycles. The fourth-order valence-electron chi connectivity index (χ4n) is 2.20. The first-order valence-corrected chi connectivity index (χ1v) is 8.78. The summed E-state index contributed by atoms with van der Waals surface area (Å²) in [5.74, 6) is 2.93. The highest BCUT2D eigenvalue weighted by Gasteiger charge is 2.17. The molecule has 1 saturated heterocycles. The number of benzene rings is 1. The normalized spacial score (nSPS) is 17.4. The summed E-state index contributed by atoms with van der Waals surface area (Å²) in [5.41, 5.74) is 0.766. The van der Waals surface area contributed by atoms with Gasteiger partial charge in [0.2, 0.25) is 5.91 Å². The average Bonchev–Trinajstić information content (AvgIpc) is 2.50. The number of hydrogen-bond donors (Lipinski definition) is 2. The molecule has 1 aromatic carbocycles. The number of thioether (sulfide) groups is 1. The first-order valence-electron chi connectivity index (χ1n) is 7.62. The zero-order chi connectivity index (χ0) is 14.9. The van der Waals surface area contributed by atoms with Crippen molar-refractivity contribution >= 4 is 35.8 Å². The Morgan fingerprint density at radius 3 is 3.00 bits per heavy atom. The fourth-order valence-corrected chi connectivity index (χ4v) is 3.15. The number of para-hydroxylation sites is 2. The zero-order valence-corrected chi connectivity index (χ0v) is 14.6. The molecule has 1 aliphatic rings. The zero-order valence-electron chi connectivity index (χ0n) is 13.0. The number of amides is 1. The molecule has 1 unspecified atom stereocenters. The van der Waals surface area contributed by atoms with Crippen molar-refractivity contribution in [2.75, 3.05) is 30.0 Å². The molecule has 22 heavy (non-hydrogen) atoms. The molecule has 6 heteroatoms. The van der Waals surface area contributed by atoms with Crippen LogP contribution in [0.3, 0.4) is 0 Å². The van der Waals surface area contributed by atoms with E-state index in [-0.39, 0.29) is 24.4 Å². The van der Waals surface area contributed by atoms with E-state index in [1.54, 1.807) is 0 Å². The molecule has 0 spiro atoms. The Kier molecular flexibility index (Phi) is 9.36. The molecule has 1 amide bonds. The molecule has 2 rings (SSSR count). The summed E-state index contributed by atoms with van der Waals surface area (Å²) in [7, 11) is 0. The van der Waals surface area contributed by atoms with E-state index >= 15 is 0 Å². The maximum Gasteiger partial charge on any atom is 0.226 e. The molecule has 0 saturated carbocycles. The van der Waals surface area contributed by atoms with Crippen LogP contribution < -0.4 is 15.4 Å². The van der Waals surface area contributed by atoms with Crippen molar-refractivity contribution in [2.45, 2.75) is 32.2 Å². The Hall–Kier alpha value is -0.910. The van der Waals surface area contributed by atoms with Crippen LogP contribution in [-0.4, -0.2) is 36.6 Å². The van der Waals surface area contributed by atoms with Crippen LogP contribution in [-0.2, 0) is 4.79 Å². The van der Waals surface area contributed by atoms with Gasteiger partial charge in [0.05, 0.1) is 12.3 Å². The Labute approximate surface area is 143 Å². The van der Waals surface area contributed by atoms with Gasteiger partial charge in [0, 0.05) is 30.5 Å². The molecule has 4 nitrogen and oxygen atoms in total. The van der Waals surface area contributed by atoms with Crippen molar-refractivity contribution in [3.63, 3.8) is 0 Å². The van der Waals surface area contributed by atoms with Crippen LogP contribution in [0.5, 0.6) is 5.75 Å². The van der Waals surface area contributed by atoms with Crippen molar-refractivity contribution in [3.8, 4) is 5.75 Å². The number of halogens is 1. The summed E-state index contributed by atoms with van der Waals surface area (Å²) >= 11 is 1.90. The summed E-state index contributed by atoms with van der Waals surface area (Å²) in [6.45, 7) is 3.80. The van der Waals surface area contributed by atoms with Gasteiger partial charge in [0.15, 0.2) is 0 Å². The molecule has 1 atom stereocenters. The van der Waals surface area contributed by atoms with Gasteiger partial charge in [0.25, 0.3) is 0 Å². The second-order valence-corrected chi connectivity index (χ2v) is 6.33. The van der Waals surface area contributed by atoms with Crippen molar-refractivity contribution < 1.29 is 9.53 Å². The van der Waals surface area contributed by atoms with Crippen LogP contribution >= 0.6 is 24.2 Å². The van der Waals surface area contributed by atoms with Crippen molar-refractivity contribution in [3.05, 3.63) is 24.3 Å². The Morgan fingerprint density at radius 1 is 1.45 bits per heavy atom. The lowest BCUT2D eigenvalue weighted by Crippen LogP contribution is -2.39. The number of hydrogen-bond acceptors (Lipinski definition) is 4. The number of anilines is 1. The molecule has 0 aliphatic carbocycles. The average molecular weight is 345 g/mol. The van der Waals surface area contributed by atoms with Gasteiger partial charge in [-0.2, -0.15) is 11.8 Å². The van der Waals surface area contributed by atoms with Crippen LogP contribution in [0.25, 0.3) is 0 Å². The highest BCUT2D eigenvalue weighted by molar-refractivity contribution is 7.99. The minimum atomic E-state index is 0. The third kappa shape index (κ3) is 6.46. The first kappa shape index (κ1) is 19.1. The molecule has 0 aromatic heterocycles. The van der Waals surface area contributed by atoms with Gasteiger partial charge < -0.3 is 15.4 Å². The smallest absolute Gasteiger partial charge is 0.226 e. The number of ether oxygens (including phenoxy) is 1. The van der Waals surface area contributed by atoms with Crippen molar-refractivity contribution in [1.29, 1.82) is 0 Å². The van der Waals surface area contributed by atoms with Gasteiger partial charge >= 0.3 is 0 Å². The second-order valence-electron chi connectivity index (χ2n) is 5.18. The predicted octanol–water partition coefficient (Wildman–Crippen LogP) is 3.32. The number of carbonyl (C=O) groups excluding carboxylic acids is 1. The van der Waals surface area contributed by atoms with Gasteiger partial charge in [-0.25, -0.2) is 0 Å². The van der Waals surface area contributed by atoms with Crippen LogP contribution in [0.15, 0.2) is 24.3 Å². The van der Waals surface area contributed by atoms with E-state index in [2.05, 4.69) is 17.6 Å². The quantitative estimate of drug-likeness (QED) is 0.745. The Morgan fingerprint density at radius 2 is 2.27 bits per heavy atom. The number of nitrogens with one attached hydrogen (secondary N) is 2. The molecular formula is C16H25ClN2O2S. The largest absolute Gasteiger partial charge is 0.491 e. The third-order valence-electron chi connectivity index (χ3n) is 3.35. The molecular weight excluding hydrogens is 320 g/mol. The van der Waals surface area contributed by atoms with Gasteiger partial charge in [-0.15, -0.1) is 12.4 Å². The number of rotatable bonds is 7. The molecule has 1 heterocycles. The van der Waals surface area contributed by atoms with E-state index in [0.717, 1.165) is 42.3 Å². The Bertz CT molecular complexity index is 454. The molecule has 2 N–H and O–H groups in total. The summed E-state index contributed by atoms with van der Waals surface area (Å²) in [6, 6.07) is 7.91. The summed E-state index contributed by atoms with van der Waals surface area (Å²) < 4.78 is 5.73. The van der Waals surface area contributed by atoms with Crippen LogP contribution in [0.2, 0.25) is 0 Å². The van der Waals surface area contributed by atoms with Gasteiger partial charge in [-0.1, -0.05) is 25.5 Å². The second kappa shape index (κ2) is 10.8. The van der Waals surface area contributed by atoms with E-state index in [9.17, 15) is 4.79 Å². The third-order valence-corrected chi connectivity index (χ3v) is 4.48. The van der Waals surface area contributed by atoms with Crippen molar-refractivity contribution in [1.82, 2.24) is 5.32 Å². The van der Waals surface area contributed by atoms with Crippen LogP contribution in [0.4, 0.5) is 5.69 Å². The topological polar surface area (TPSA) is 50.4 Å². The maximum atomic E-state index is 12.1.